The van der Waals surface area contributed by atoms with Gasteiger partial charge in [-0.1, -0.05) is 69.4 Å². The summed E-state index contributed by atoms with van der Waals surface area (Å²) < 4.78 is 6.11. The van der Waals surface area contributed by atoms with Crippen LogP contribution in [0.1, 0.15) is 86.2 Å². The van der Waals surface area contributed by atoms with Crippen LogP contribution in [0.3, 0.4) is 0 Å². The molecule has 0 atom stereocenters. The predicted molar refractivity (Wildman–Crippen MR) is 139 cm³/mol. The van der Waals surface area contributed by atoms with Gasteiger partial charge < -0.3 is 14.9 Å². The summed E-state index contributed by atoms with van der Waals surface area (Å²) in [5.74, 6) is -0.716. The highest BCUT2D eigenvalue weighted by atomic mass is 16.5. The van der Waals surface area contributed by atoms with Gasteiger partial charge in [-0.3, -0.25) is 9.69 Å². The van der Waals surface area contributed by atoms with Crippen LogP contribution in [0.2, 0.25) is 0 Å². The third kappa shape index (κ3) is 11.9. The highest BCUT2D eigenvalue weighted by Crippen LogP contribution is 2.20. The Balaban J connectivity index is 1.94. The number of para-hydroxylation sites is 1. The standard InChI is InChI=1S/C29H41NO5/c1-2-3-4-5-11-22-35-27-13-9-8-12-25(27)19-21-30(20-10-6-7-14-28(31)32)23-24-15-17-26(18-16-24)29(33)34/h8-9,12-13,15-18H,2-7,10-11,14,19-23H2,1H3,(H,31,32)(H,33,34). The van der Waals surface area contributed by atoms with Crippen molar-refractivity contribution in [1.29, 1.82) is 0 Å². The zero-order valence-electron chi connectivity index (χ0n) is 21.1. The molecule has 0 aliphatic carbocycles. The van der Waals surface area contributed by atoms with E-state index in [9.17, 15) is 9.59 Å². The molecule has 6 heteroatoms. The number of carbonyl (C=O) groups is 2. The van der Waals surface area contributed by atoms with Crippen LogP contribution in [0.25, 0.3) is 0 Å². The molecule has 0 aliphatic rings. The van der Waals surface area contributed by atoms with Gasteiger partial charge in [0.2, 0.25) is 0 Å². The Bertz CT molecular complexity index is 881. The van der Waals surface area contributed by atoms with Crippen LogP contribution in [0.4, 0.5) is 0 Å². The molecule has 192 valence electrons. The summed E-state index contributed by atoms with van der Waals surface area (Å²) in [4.78, 5) is 24.3. The number of benzene rings is 2. The fourth-order valence-corrected chi connectivity index (χ4v) is 4.09. The topological polar surface area (TPSA) is 87.1 Å². The minimum absolute atomic E-state index is 0.208. The molecule has 0 heterocycles. The summed E-state index contributed by atoms with van der Waals surface area (Å²) in [7, 11) is 0. The summed E-state index contributed by atoms with van der Waals surface area (Å²) in [6.45, 7) is 5.39. The Morgan fingerprint density at radius 2 is 1.54 bits per heavy atom. The first-order chi connectivity index (χ1) is 17.0. The lowest BCUT2D eigenvalue weighted by Gasteiger charge is -2.23. The van der Waals surface area contributed by atoms with E-state index >= 15 is 0 Å². The molecule has 0 amide bonds. The zero-order valence-corrected chi connectivity index (χ0v) is 21.1. The summed E-state index contributed by atoms with van der Waals surface area (Å²) in [5, 5.41) is 18.0. The van der Waals surface area contributed by atoms with Crippen molar-refractivity contribution in [1.82, 2.24) is 4.90 Å². The van der Waals surface area contributed by atoms with E-state index in [4.69, 9.17) is 14.9 Å². The molecule has 0 saturated heterocycles. The summed E-state index contributed by atoms with van der Waals surface area (Å²) in [5.41, 5.74) is 2.55. The fraction of sp³-hybridized carbons (Fsp3) is 0.517. The van der Waals surface area contributed by atoms with Gasteiger partial charge in [-0.2, -0.15) is 0 Å². The van der Waals surface area contributed by atoms with Crippen LogP contribution >= 0.6 is 0 Å². The number of ether oxygens (including phenoxy) is 1. The van der Waals surface area contributed by atoms with Crippen molar-refractivity contribution in [3.63, 3.8) is 0 Å². The first-order valence-corrected chi connectivity index (χ1v) is 13.0. The highest BCUT2D eigenvalue weighted by Gasteiger charge is 2.11. The van der Waals surface area contributed by atoms with E-state index < -0.39 is 11.9 Å². The second kappa shape index (κ2) is 16.7. The second-order valence-electron chi connectivity index (χ2n) is 9.10. The van der Waals surface area contributed by atoms with Gasteiger partial charge in [-0.05, 0) is 61.6 Å². The molecule has 0 saturated carbocycles. The average molecular weight is 484 g/mol. The second-order valence-corrected chi connectivity index (χ2v) is 9.10. The summed E-state index contributed by atoms with van der Waals surface area (Å²) in [6, 6.07) is 15.3. The lowest BCUT2D eigenvalue weighted by atomic mass is 10.1. The molecule has 0 bridgehead atoms. The smallest absolute Gasteiger partial charge is 0.335 e. The first-order valence-electron chi connectivity index (χ1n) is 13.0. The Labute approximate surface area is 209 Å². The molecule has 0 aromatic heterocycles. The molecule has 0 unspecified atom stereocenters. The monoisotopic (exact) mass is 483 g/mol. The quantitative estimate of drug-likeness (QED) is 0.224. The van der Waals surface area contributed by atoms with E-state index in [0.29, 0.717) is 6.42 Å². The average Bonchev–Trinajstić information content (AvgIpc) is 2.85. The van der Waals surface area contributed by atoms with Gasteiger partial charge in [0.15, 0.2) is 0 Å². The van der Waals surface area contributed by atoms with Gasteiger partial charge >= 0.3 is 11.9 Å². The molecule has 2 aromatic rings. The molecule has 0 radical (unpaired) electrons. The van der Waals surface area contributed by atoms with E-state index in [2.05, 4.69) is 17.9 Å². The van der Waals surface area contributed by atoms with E-state index in [-0.39, 0.29) is 12.0 Å². The first kappa shape index (κ1) is 28.4. The molecule has 0 fully saturated rings. The lowest BCUT2D eigenvalue weighted by Crippen LogP contribution is -2.27. The number of unbranched alkanes of at least 4 members (excludes halogenated alkanes) is 6. The Morgan fingerprint density at radius 3 is 2.26 bits per heavy atom. The van der Waals surface area contributed by atoms with Crippen molar-refractivity contribution >= 4 is 11.9 Å². The molecule has 2 aromatic carbocycles. The number of nitrogens with zero attached hydrogens (tertiary/aromatic N) is 1. The van der Waals surface area contributed by atoms with Gasteiger partial charge in [-0.25, -0.2) is 4.79 Å². The third-order valence-electron chi connectivity index (χ3n) is 6.15. The van der Waals surface area contributed by atoms with E-state index in [0.717, 1.165) is 63.2 Å². The maximum absolute atomic E-state index is 11.2. The van der Waals surface area contributed by atoms with Crippen LogP contribution in [0.5, 0.6) is 5.75 Å². The number of aliphatic carboxylic acids is 1. The largest absolute Gasteiger partial charge is 0.493 e. The highest BCUT2D eigenvalue weighted by molar-refractivity contribution is 5.87. The molecule has 6 nitrogen and oxygen atoms in total. The van der Waals surface area contributed by atoms with E-state index in [1.54, 1.807) is 12.1 Å². The van der Waals surface area contributed by atoms with Crippen molar-refractivity contribution in [3.8, 4) is 5.75 Å². The number of carboxylic acids is 2. The Morgan fingerprint density at radius 1 is 0.829 bits per heavy atom. The van der Waals surface area contributed by atoms with E-state index in [1.807, 2.05) is 30.3 Å². The molecular formula is C29H41NO5. The number of hydrogen-bond acceptors (Lipinski definition) is 4. The maximum atomic E-state index is 11.2. The van der Waals surface area contributed by atoms with Crippen molar-refractivity contribution in [2.75, 3.05) is 19.7 Å². The molecular weight excluding hydrogens is 442 g/mol. The normalized spacial score (nSPS) is 11.0. The Kier molecular flexibility index (Phi) is 13.6. The predicted octanol–water partition coefficient (Wildman–Crippen LogP) is 6.42. The summed E-state index contributed by atoms with van der Waals surface area (Å²) >= 11 is 0. The molecule has 0 aliphatic heterocycles. The summed E-state index contributed by atoms with van der Waals surface area (Å²) in [6.07, 6.45) is 9.60. The van der Waals surface area contributed by atoms with Gasteiger partial charge in [0.1, 0.15) is 5.75 Å². The number of hydrogen-bond donors (Lipinski definition) is 2. The lowest BCUT2D eigenvalue weighted by molar-refractivity contribution is -0.137. The third-order valence-corrected chi connectivity index (χ3v) is 6.15. The fourth-order valence-electron chi connectivity index (χ4n) is 4.09. The van der Waals surface area contributed by atoms with Crippen LogP contribution in [-0.4, -0.2) is 46.7 Å². The van der Waals surface area contributed by atoms with Crippen molar-refractivity contribution in [2.45, 2.75) is 77.7 Å². The van der Waals surface area contributed by atoms with Gasteiger partial charge in [-0.15, -0.1) is 0 Å². The van der Waals surface area contributed by atoms with Crippen molar-refractivity contribution in [2.24, 2.45) is 0 Å². The maximum Gasteiger partial charge on any atom is 0.335 e. The number of carboxylic acid groups (broad SMARTS) is 2. The van der Waals surface area contributed by atoms with Gasteiger partial charge in [0.25, 0.3) is 0 Å². The van der Waals surface area contributed by atoms with Crippen molar-refractivity contribution in [3.05, 3.63) is 65.2 Å². The molecule has 2 rings (SSSR count). The number of aromatic carboxylic acids is 1. The van der Waals surface area contributed by atoms with E-state index in [1.165, 1.54) is 31.2 Å². The SMILES string of the molecule is CCCCCCCOc1ccccc1CCN(CCCCCC(=O)O)Cc1ccc(C(=O)O)cc1. The van der Waals surface area contributed by atoms with Crippen LogP contribution in [0, 0.1) is 0 Å². The molecule has 35 heavy (non-hydrogen) atoms. The van der Waals surface area contributed by atoms with Crippen LogP contribution in [0.15, 0.2) is 48.5 Å². The van der Waals surface area contributed by atoms with Crippen LogP contribution < -0.4 is 4.74 Å². The Hall–Kier alpha value is -2.86. The van der Waals surface area contributed by atoms with Crippen LogP contribution in [-0.2, 0) is 17.8 Å². The van der Waals surface area contributed by atoms with Gasteiger partial charge in [0, 0.05) is 19.5 Å². The minimum Gasteiger partial charge on any atom is -0.493 e. The number of rotatable bonds is 19. The molecule has 2 N–H and O–H groups in total. The zero-order chi connectivity index (χ0) is 25.3. The minimum atomic E-state index is -0.922. The molecule has 0 spiro atoms. The van der Waals surface area contributed by atoms with Crippen molar-refractivity contribution < 1.29 is 24.5 Å². The van der Waals surface area contributed by atoms with Gasteiger partial charge in [0.05, 0.1) is 12.2 Å².